The van der Waals surface area contributed by atoms with E-state index in [-0.39, 0.29) is 0 Å². The molecule has 0 spiro atoms. The number of hydrogen-bond donors (Lipinski definition) is 1. The minimum atomic E-state index is 0.333. The molecule has 0 bridgehead atoms. The highest BCUT2D eigenvalue weighted by Crippen LogP contribution is 2.16. The third kappa shape index (κ3) is 2.20. The molecule has 2 unspecified atom stereocenters. The number of hydrogen-bond acceptors (Lipinski definition) is 2. The summed E-state index contributed by atoms with van der Waals surface area (Å²) in [6.45, 7) is 9.22. The van der Waals surface area contributed by atoms with E-state index in [9.17, 15) is 0 Å². The topological polar surface area (TPSA) is 15.3 Å². The van der Waals surface area contributed by atoms with Crippen molar-refractivity contribution < 1.29 is 0 Å². The Morgan fingerprint density at radius 2 is 2.25 bits per heavy atom. The summed E-state index contributed by atoms with van der Waals surface area (Å²) in [5.74, 6) is 0. The van der Waals surface area contributed by atoms with E-state index >= 15 is 0 Å². The molecule has 72 valence electrons. The fourth-order valence-electron chi connectivity index (χ4n) is 1.80. The Labute approximate surface area is 76.3 Å². The molecular weight excluding hydrogens is 148 g/mol. The Morgan fingerprint density at radius 3 is 2.83 bits per heavy atom. The van der Waals surface area contributed by atoms with E-state index in [0.717, 1.165) is 12.6 Å². The third-order valence-corrected chi connectivity index (χ3v) is 3.25. The molecule has 0 aromatic carbocycles. The number of likely N-dealkylation sites (N-methyl/N-ethyl adjacent to an activating group) is 1. The first-order valence-corrected chi connectivity index (χ1v) is 5.03. The maximum Gasteiger partial charge on any atom is 0.0277 e. The molecular formula is C10H22N2. The normalized spacial score (nSPS) is 39.5. The van der Waals surface area contributed by atoms with Gasteiger partial charge in [-0.3, -0.25) is 0 Å². The van der Waals surface area contributed by atoms with E-state index in [2.05, 4.69) is 38.0 Å². The number of nitrogens with zero attached hydrogens (tertiary/aromatic N) is 1. The van der Waals surface area contributed by atoms with Gasteiger partial charge in [0.2, 0.25) is 0 Å². The minimum Gasteiger partial charge on any atom is -0.310 e. The molecule has 0 aliphatic carbocycles. The van der Waals surface area contributed by atoms with Crippen LogP contribution in [0, 0.1) is 0 Å². The van der Waals surface area contributed by atoms with Crippen molar-refractivity contribution in [3.63, 3.8) is 0 Å². The second-order valence-corrected chi connectivity index (χ2v) is 4.39. The molecule has 2 heteroatoms. The van der Waals surface area contributed by atoms with E-state index in [4.69, 9.17) is 0 Å². The Bertz CT molecular complexity index is 147. The molecule has 1 heterocycles. The van der Waals surface area contributed by atoms with Gasteiger partial charge in [-0.25, -0.2) is 0 Å². The van der Waals surface area contributed by atoms with Crippen LogP contribution in [0.25, 0.3) is 0 Å². The van der Waals surface area contributed by atoms with Gasteiger partial charge in [-0.15, -0.1) is 0 Å². The standard InChI is InChI=1S/C10H22N2/c1-5-10(3)8-12(4)9(2)6-7-11-10/h9,11H,5-8H2,1-4H3. The smallest absolute Gasteiger partial charge is 0.0277 e. The van der Waals surface area contributed by atoms with E-state index in [1.54, 1.807) is 0 Å². The van der Waals surface area contributed by atoms with Crippen LogP contribution >= 0.6 is 0 Å². The summed E-state index contributed by atoms with van der Waals surface area (Å²) in [7, 11) is 2.23. The number of nitrogens with one attached hydrogen (secondary N) is 1. The van der Waals surface area contributed by atoms with Crippen molar-refractivity contribution in [2.24, 2.45) is 0 Å². The Balaban J connectivity index is 2.59. The van der Waals surface area contributed by atoms with Crippen molar-refractivity contribution in [2.75, 3.05) is 20.1 Å². The Hall–Kier alpha value is -0.0800. The molecule has 1 aliphatic heterocycles. The van der Waals surface area contributed by atoms with Crippen LogP contribution in [0.3, 0.4) is 0 Å². The van der Waals surface area contributed by atoms with Gasteiger partial charge in [0.25, 0.3) is 0 Å². The van der Waals surface area contributed by atoms with E-state index in [1.165, 1.54) is 19.4 Å². The first kappa shape index (κ1) is 10.0. The zero-order valence-electron chi connectivity index (χ0n) is 8.85. The minimum absolute atomic E-state index is 0.333. The maximum atomic E-state index is 3.63. The van der Waals surface area contributed by atoms with Crippen molar-refractivity contribution in [1.29, 1.82) is 0 Å². The molecule has 1 aliphatic rings. The van der Waals surface area contributed by atoms with E-state index in [0.29, 0.717) is 5.54 Å². The van der Waals surface area contributed by atoms with Crippen molar-refractivity contribution in [1.82, 2.24) is 10.2 Å². The highest BCUT2D eigenvalue weighted by atomic mass is 15.2. The van der Waals surface area contributed by atoms with Gasteiger partial charge in [0.15, 0.2) is 0 Å². The lowest BCUT2D eigenvalue weighted by Crippen LogP contribution is -2.48. The SMILES string of the molecule is CCC1(C)CN(C)C(C)CCN1. The summed E-state index contributed by atoms with van der Waals surface area (Å²) in [5.41, 5.74) is 0.333. The van der Waals surface area contributed by atoms with Crippen LogP contribution in [0.2, 0.25) is 0 Å². The largest absolute Gasteiger partial charge is 0.310 e. The average molecular weight is 170 g/mol. The summed E-state index contributed by atoms with van der Waals surface area (Å²) in [6.07, 6.45) is 2.48. The molecule has 0 aromatic rings. The quantitative estimate of drug-likeness (QED) is 0.641. The average Bonchev–Trinajstić information content (AvgIpc) is 2.14. The summed E-state index contributed by atoms with van der Waals surface area (Å²) in [6, 6.07) is 0.728. The molecule has 0 saturated carbocycles. The molecule has 1 rings (SSSR count). The Kier molecular flexibility index (Phi) is 3.13. The summed E-state index contributed by atoms with van der Waals surface area (Å²) in [4.78, 5) is 2.46. The van der Waals surface area contributed by atoms with E-state index in [1.807, 2.05) is 0 Å². The maximum absolute atomic E-state index is 3.63. The fourth-order valence-corrected chi connectivity index (χ4v) is 1.80. The molecule has 2 nitrogen and oxygen atoms in total. The summed E-state index contributed by atoms with van der Waals surface area (Å²) < 4.78 is 0. The lowest BCUT2D eigenvalue weighted by atomic mass is 9.99. The van der Waals surface area contributed by atoms with Gasteiger partial charge in [0, 0.05) is 18.1 Å². The van der Waals surface area contributed by atoms with Crippen LogP contribution < -0.4 is 5.32 Å². The molecule has 0 amide bonds. The van der Waals surface area contributed by atoms with Crippen LogP contribution in [-0.2, 0) is 0 Å². The third-order valence-electron chi connectivity index (χ3n) is 3.25. The summed E-state index contributed by atoms with van der Waals surface area (Å²) in [5, 5.41) is 3.63. The second-order valence-electron chi connectivity index (χ2n) is 4.39. The highest BCUT2D eigenvalue weighted by Gasteiger charge is 2.27. The van der Waals surface area contributed by atoms with Crippen LogP contribution in [0.5, 0.6) is 0 Å². The molecule has 1 N–H and O–H groups in total. The van der Waals surface area contributed by atoms with Crippen molar-refractivity contribution in [3.05, 3.63) is 0 Å². The summed E-state index contributed by atoms with van der Waals surface area (Å²) >= 11 is 0. The van der Waals surface area contributed by atoms with Gasteiger partial charge < -0.3 is 10.2 Å². The predicted molar refractivity (Wildman–Crippen MR) is 53.4 cm³/mol. The monoisotopic (exact) mass is 170 g/mol. The van der Waals surface area contributed by atoms with Crippen LogP contribution in [0.1, 0.15) is 33.6 Å². The lowest BCUT2D eigenvalue weighted by molar-refractivity contribution is 0.209. The van der Waals surface area contributed by atoms with Crippen LogP contribution in [0.15, 0.2) is 0 Å². The predicted octanol–water partition coefficient (Wildman–Crippen LogP) is 1.47. The molecule has 1 fully saturated rings. The number of rotatable bonds is 1. The van der Waals surface area contributed by atoms with Gasteiger partial charge in [-0.1, -0.05) is 6.92 Å². The van der Waals surface area contributed by atoms with Gasteiger partial charge in [-0.2, -0.15) is 0 Å². The zero-order valence-corrected chi connectivity index (χ0v) is 8.85. The lowest BCUT2D eigenvalue weighted by Gasteiger charge is -2.32. The van der Waals surface area contributed by atoms with Gasteiger partial charge in [-0.05, 0) is 40.3 Å². The first-order valence-electron chi connectivity index (χ1n) is 5.03. The molecule has 1 saturated heterocycles. The van der Waals surface area contributed by atoms with Crippen molar-refractivity contribution in [2.45, 2.75) is 45.2 Å². The zero-order chi connectivity index (χ0) is 9.19. The first-order chi connectivity index (χ1) is 5.57. The second kappa shape index (κ2) is 3.75. The van der Waals surface area contributed by atoms with Crippen molar-refractivity contribution in [3.8, 4) is 0 Å². The van der Waals surface area contributed by atoms with Crippen molar-refractivity contribution >= 4 is 0 Å². The van der Waals surface area contributed by atoms with E-state index < -0.39 is 0 Å². The van der Waals surface area contributed by atoms with Gasteiger partial charge >= 0.3 is 0 Å². The fraction of sp³-hybridized carbons (Fsp3) is 1.00. The van der Waals surface area contributed by atoms with Gasteiger partial charge in [0.05, 0.1) is 0 Å². The molecule has 0 radical (unpaired) electrons. The van der Waals surface area contributed by atoms with Crippen LogP contribution in [-0.4, -0.2) is 36.6 Å². The molecule has 0 aromatic heterocycles. The van der Waals surface area contributed by atoms with Gasteiger partial charge in [0.1, 0.15) is 0 Å². The molecule has 12 heavy (non-hydrogen) atoms. The Morgan fingerprint density at radius 1 is 1.58 bits per heavy atom. The van der Waals surface area contributed by atoms with Crippen LogP contribution in [0.4, 0.5) is 0 Å². The highest BCUT2D eigenvalue weighted by molar-refractivity contribution is 4.89. The molecule has 2 atom stereocenters.